The normalized spacial score (nSPS) is 22.7. The number of anilines is 1. The second-order valence-electron chi connectivity index (χ2n) is 6.43. The Morgan fingerprint density at radius 2 is 1.70 bits per heavy atom. The van der Waals surface area contributed by atoms with Gasteiger partial charge in [-0.3, -0.25) is 4.79 Å². The summed E-state index contributed by atoms with van der Waals surface area (Å²) in [5.74, 6) is -2.11. The first kappa shape index (κ1) is 23.0. The average Bonchev–Trinajstić information content (AvgIpc) is 2.97. The smallest absolute Gasteiger partial charge is 0.317 e. The molecule has 0 bridgehead atoms. The highest BCUT2D eigenvalue weighted by atomic mass is 35.5. The van der Waals surface area contributed by atoms with Gasteiger partial charge >= 0.3 is 16.2 Å². The minimum atomic E-state index is -10.1. The molecule has 1 aliphatic rings. The quantitative estimate of drug-likeness (QED) is 0.361. The van der Waals surface area contributed by atoms with Crippen LogP contribution in [0.1, 0.15) is 17.7 Å². The van der Waals surface area contributed by atoms with Gasteiger partial charge in [0.15, 0.2) is 5.69 Å². The molecule has 1 aromatic heterocycles. The highest BCUT2D eigenvalue weighted by Gasteiger charge is 2.75. The highest BCUT2D eigenvalue weighted by molar-refractivity contribution is 8.45. The summed E-state index contributed by atoms with van der Waals surface area (Å²) < 4.78 is 64.1. The van der Waals surface area contributed by atoms with Gasteiger partial charge in [-0.05, 0) is 12.1 Å². The fraction of sp³-hybridized carbons (Fsp3) is 0.214. The molecule has 6 nitrogen and oxygen atoms in total. The molecular formula is C14H7Cl4F5N4O2S. The van der Waals surface area contributed by atoms with Crippen LogP contribution in [0.25, 0.3) is 5.69 Å². The molecule has 0 amide bonds. The van der Waals surface area contributed by atoms with Gasteiger partial charge in [0.25, 0.3) is 0 Å². The zero-order valence-electron chi connectivity index (χ0n) is 13.9. The first-order valence-electron chi connectivity index (χ1n) is 7.40. The van der Waals surface area contributed by atoms with Gasteiger partial charge < -0.3 is 10.8 Å². The molecule has 1 unspecified atom stereocenters. The molecule has 30 heavy (non-hydrogen) atoms. The Morgan fingerprint density at radius 3 is 2.03 bits per heavy atom. The molecule has 16 heteroatoms. The van der Waals surface area contributed by atoms with Crippen molar-refractivity contribution in [1.82, 2.24) is 9.78 Å². The third-order valence-electron chi connectivity index (χ3n) is 4.45. The number of nitriles is 1. The highest BCUT2D eigenvalue weighted by Crippen LogP contribution is 3.02. The molecule has 3 rings (SSSR count). The van der Waals surface area contributed by atoms with Gasteiger partial charge in [0.2, 0.25) is 0 Å². The largest absolute Gasteiger partial charge is 0.480 e. The minimum absolute atomic E-state index is 0.0748. The molecule has 1 atom stereocenters. The number of nitrogens with zero attached hydrogens (tertiary/aromatic N) is 3. The Labute approximate surface area is 184 Å². The number of halogens is 9. The standard InChI is InChI=1S/C14H7Cl4F5N4O2S/c15-6-1-5(30(19,20,21,22)23)2-7(16)10(6)27-11(25)9(8(3-24)26-27)13(12(28)29)4-14(13,17)18/h1-2H,4,25H2,(H,28,29). The van der Waals surface area contributed by atoms with Crippen molar-refractivity contribution in [1.29, 1.82) is 5.26 Å². The Balaban J connectivity index is 2.30. The van der Waals surface area contributed by atoms with E-state index in [1.807, 2.05) is 0 Å². The van der Waals surface area contributed by atoms with E-state index in [4.69, 9.17) is 52.1 Å². The molecule has 0 aliphatic heterocycles. The van der Waals surface area contributed by atoms with Crippen molar-refractivity contribution in [2.45, 2.75) is 21.1 Å². The molecule has 1 heterocycles. The van der Waals surface area contributed by atoms with Gasteiger partial charge in [-0.15, -0.1) is 0 Å². The number of alkyl halides is 2. The third kappa shape index (κ3) is 3.33. The van der Waals surface area contributed by atoms with Crippen LogP contribution in [-0.4, -0.2) is 25.2 Å². The number of carboxylic acid groups (broad SMARTS) is 1. The van der Waals surface area contributed by atoms with Crippen molar-refractivity contribution in [3.63, 3.8) is 0 Å². The van der Waals surface area contributed by atoms with E-state index in [1.165, 1.54) is 0 Å². The maximum absolute atomic E-state index is 13.1. The summed E-state index contributed by atoms with van der Waals surface area (Å²) >= 11 is 23.4. The molecule has 1 saturated carbocycles. The summed E-state index contributed by atoms with van der Waals surface area (Å²) in [7, 11) is -10.1. The molecule has 2 aromatic rings. The van der Waals surface area contributed by atoms with Crippen LogP contribution in [0.3, 0.4) is 0 Å². The number of aliphatic carboxylic acids is 1. The topological polar surface area (TPSA) is 105 Å². The summed E-state index contributed by atoms with van der Waals surface area (Å²) in [4.78, 5) is 9.44. The van der Waals surface area contributed by atoms with Gasteiger partial charge in [0.1, 0.15) is 32.2 Å². The van der Waals surface area contributed by atoms with Gasteiger partial charge in [-0.1, -0.05) is 65.8 Å². The van der Waals surface area contributed by atoms with E-state index in [9.17, 15) is 34.6 Å². The van der Waals surface area contributed by atoms with E-state index in [0.717, 1.165) is 0 Å². The zero-order valence-corrected chi connectivity index (χ0v) is 17.8. The zero-order chi connectivity index (χ0) is 23.1. The number of rotatable bonds is 4. The van der Waals surface area contributed by atoms with Crippen LogP contribution in [0.4, 0.5) is 25.2 Å². The molecular weight excluding hydrogens is 525 g/mol. The Morgan fingerprint density at radius 1 is 1.23 bits per heavy atom. The van der Waals surface area contributed by atoms with E-state index in [2.05, 4.69) is 5.10 Å². The number of aromatic nitrogens is 2. The number of nitrogen functional groups attached to an aromatic ring is 1. The van der Waals surface area contributed by atoms with Crippen LogP contribution >= 0.6 is 56.6 Å². The maximum Gasteiger partial charge on any atom is 0.317 e. The molecule has 3 N–H and O–H groups in total. The fourth-order valence-electron chi connectivity index (χ4n) is 2.97. The number of hydrogen-bond acceptors (Lipinski definition) is 4. The van der Waals surface area contributed by atoms with Crippen molar-refractivity contribution in [2.24, 2.45) is 0 Å². The molecule has 1 aromatic carbocycles. The number of benzene rings is 1. The Hall–Kier alpha value is -1.65. The van der Waals surface area contributed by atoms with Crippen molar-refractivity contribution >= 4 is 68.4 Å². The van der Waals surface area contributed by atoms with Crippen LogP contribution in [0.5, 0.6) is 0 Å². The number of carboxylic acids is 1. The van der Waals surface area contributed by atoms with Crippen molar-refractivity contribution < 1.29 is 29.3 Å². The fourth-order valence-corrected chi connectivity index (χ4v) is 5.18. The van der Waals surface area contributed by atoms with Gasteiger partial charge in [0.05, 0.1) is 15.6 Å². The van der Waals surface area contributed by atoms with Crippen LogP contribution < -0.4 is 5.73 Å². The number of carbonyl (C=O) groups is 1. The Bertz CT molecular complexity index is 1160. The van der Waals surface area contributed by atoms with Crippen LogP contribution in [-0.2, 0) is 10.2 Å². The lowest BCUT2D eigenvalue weighted by atomic mass is 9.95. The van der Waals surface area contributed by atoms with Crippen LogP contribution in [0.2, 0.25) is 10.0 Å². The van der Waals surface area contributed by atoms with Gasteiger partial charge in [-0.2, -0.15) is 10.4 Å². The number of hydrogen-bond donors (Lipinski definition) is 2. The Kier molecular flexibility index (Phi) is 4.43. The van der Waals surface area contributed by atoms with E-state index in [-0.39, 0.29) is 18.6 Å². The molecule has 0 spiro atoms. The monoisotopic (exact) mass is 530 g/mol. The average molecular weight is 532 g/mol. The van der Waals surface area contributed by atoms with E-state index in [0.29, 0.717) is 4.68 Å². The third-order valence-corrected chi connectivity index (χ3v) is 7.07. The summed E-state index contributed by atoms with van der Waals surface area (Å²) in [6.45, 7) is 0. The molecule has 164 valence electrons. The summed E-state index contributed by atoms with van der Waals surface area (Å²) in [6.07, 6.45) is -0.354. The second kappa shape index (κ2) is 5.77. The van der Waals surface area contributed by atoms with E-state index >= 15 is 0 Å². The van der Waals surface area contributed by atoms with E-state index < -0.39 is 63.6 Å². The van der Waals surface area contributed by atoms with Crippen molar-refractivity contribution in [2.75, 3.05) is 5.73 Å². The summed E-state index contributed by atoms with van der Waals surface area (Å²) in [5, 5.41) is 20.8. The predicted molar refractivity (Wildman–Crippen MR) is 102 cm³/mol. The van der Waals surface area contributed by atoms with E-state index in [1.54, 1.807) is 6.07 Å². The molecule has 0 saturated heterocycles. The predicted octanol–water partition coefficient (Wildman–Crippen LogP) is 6.19. The van der Waals surface area contributed by atoms with Crippen LogP contribution in [0, 0.1) is 11.3 Å². The van der Waals surface area contributed by atoms with Gasteiger partial charge in [-0.25, -0.2) is 4.68 Å². The lowest BCUT2D eigenvalue weighted by Crippen LogP contribution is -2.28. The first-order chi connectivity index (χ1) is 13.3. The summed E-state index contributed by atoms with van der Waals surface area (Å²) in [6, 6.07) is 1.43. The molecule has 1 fully saturated rings. The van der Waals surface area contributed by atoms with Crippen molar-refractivity contribution in [3.8, 4) is 11.8 Å². The summed E-state index contributed by atoms with van der Waals surface area (Å²) in [5.41, 5.74) is 2.30. The lowest BCUT2D eigenvalue weighted by Gasteiger charge is -2.40. The first-order valence-corrected chi connectivity index (χ1v) is 10.9. The molecule has 1 aliphatic carbocycles. The lowest BCUT2D eigenvalue weighted by molar-refractivity contribution is -0.140. The molecule has 0 radical (unpaired) electrons. The SMILES string of the molecule is N#Cc1nn(-c2c(Cl)cc(S(F)(F)(F)(F)F)cc2Cl)c(N)c1C1(C(=O)O)CC1(Cl)Cl. The van der Waals surface area contributed by atoms with Crippen LogP contribution in [0.15, 0.2) is 17.0 Å². The number of nitrogens with two attached hydrogens (primary N) is 1. The minimum Gasteiger partial charge on any atom is -0.480 e. The second-order valence-corrected chi connectivity index (χ2v) is 11.1. The van der Waals surface area contributed by atoms with Crippen molar-refractivity contribution in [3.05, 3.63) is 33.4 Å². The maximum atomic E-state index is 13.1. The van der Waals surface area contributed by atoms with Gasteiger partial charge in [0, 0.05) is 6.42 Å².